The molecule has 0 fully saturated rings. The largest absolute Gasteiger partial charge is 0.280 e. The van der Waals surface area contributed by atoms with Crippen LogP contribution in [0.1, 0.15) is 23.0 Å². The smallest absolute Gasteiger partial charge is 0.278 e. The van der Waals surface area contributed by atoms with Crippen molar-refractivity contribution in [2.45, 2.75) is 20.0 Å². The van der Waals surface area contributed by atoms with Crippen LogP contribution in [0.2, 0.25) is 0 Å². The van der Waals surface area contributed by atoms with E-state index in [1.165, 1.54) is 23.5 Å². The predicted octanol–water partition coefficient (Wildman–Crippen LogP) is 3.89. The highest BCUT2D eigenvalue weighted by Crippen LogP contribution is 2.31. The van der Waals surface area contributed by atoms with E-state index in [9.17, 15) is 9.18 Å². The summed E-state index contributed by atoms with van der Waals surface area (Å²) in [6.07, 6.45) is 5.15. The first kappa shape index (κ1) is 17.3. The Kier molecular flexibility index (Phi) is 4.64. The van der Waals surface area contributed by atoms with E-state index >= 15 is 0 Å². The molecule has 27 heavy (non-hydrogen) atoms. The van der Waals surface area contributed by atoms with Crippen LogP contribution in [0.15, 0.2) is 55.0 Å². The number of aryl methyl sites for hydroxylation is 1. The second-order valence-electron chi connectivity index (χ2n) is 5.92. The maximum absolute atomic E-state index is 13.5. The Morgan fingerprint density at radius 1 is 1.30 bits per heavy atom. The lowest BCUT2D eigenvalue weighted by atomic mass is 10.2. The average molecular weight is 381 g/mol. The highest BCUT2D eigenvalue weighted by atomic mass is 32.1. The van der Waals surface area contributed by atoms with Crippen LogP contribution in [0.3, 0.4) is 0 Å². The summed E-state index contributed by atoms with van der Waals surface area (Å²) < 4.78 is 15.9. The molecule has 0 unspecified atom stereocenters. The van der Waals surface area contributed by atoms with Gasteiger partial charge < -0.3 is 0 Å². The fourth-order valence-corrected chi connectivity index (χ4v) is 3.68. The van der Waals surface area contributed by atoms with Gasteiger partial charge >= 0.3 is 0 Å². The van der Waals surface area contributed by atoms with Crippen molar-refractivity contribution >= 4 is 32.6 Å². The first-order valence-corrected chi connectivity index (χ1v) is 9.26. The fraction of sp³-hybridized carbons (Fsp3) is 0.158. The number of benzene rings is 1. The van der Waals surface area contributed by atoms with Gasteiger partial charge in [-0.05, 0) is 42.8 Å². The average Bonchev–Trinajstić information content (AvgIpc) is 3.32. The fourth-order valence-electron chi connectivity index (χ4n) is 2.69. The van der Waals surface area contributed by atoms with Gasteiger partial charge in [-0.1, -0.05) is 17.4 Å². The number of carbonyl (C=O) groups excluding carboxylic acids is 1. The number of hydrogen-bond donors (Lipinski definition) is 0. The van der Waals surface area contributed by atoms with Crippen LogP contribution in [0, 0.1) is 5.82 Å². The Hall–Kier alpha value is -3.13. The van der Waals surface area contributed by atoms with Gasteiger partial charge in [-0.15, -0.1) is 0 Å². The van der Waals surface area contributed by atoms with Gasteiger partial charge in [0.05, 0.1) is 16.8 Å². The Bertz CT molecular complexity index is 1090. The van der Waals surface area contributed by atoms with Crippen molar-refractivity contribution in [2.75, 3.05) is 4.90 Å². The number of pyridine rings is 1. The molecule has 0 aliphatic heterocycles. The number of carbonyl (C=O) groups is 1. The third-order valence-electron chi connectivity index (χ3n) is 4.06. The molecule has 0 radical (unpaired) electrons. The van der Waals surface area contributed by atoms with E-state index in [1.807, 2.05) is 19.1 Å². The third-order valence-corrected chi connectivity index (χ3v) is 5.10. The van der Waals surface area contributed by atoms with Gasteiger partial charge in [0.15, 0.2) is 10.8 Å². The zero-order chi connectivity index (χ0) is 18.8. The topological polar surface area (TPSA) is 63.9 Å². The summed E-state index contributed by atoms with van der Waals surface area (Å²) in [7, 11) is 0. The van der Waals surface area contributed by atoms with Crippen LogP contribution in [0.25, 0.3) is 10.2 Å². The molecule has 1 aromatic carbocycles. The molecule has 6 nitrogen and oxygen atoms in total. The maximum Gasteiger partial charge on any atom is 0.280 e. The molecule has 0 atom stereocenters. The number of anilines is 1. The first-order valence-electron chi connectivity index (χ1n) is 8.44. The van der Waals surface area contributed by atoms with Crippen molar-refractivity contribution < 1.29 is 9.18 Å². The number of fused-ring (bicyclic) bond motifs is 1. The second-order valence-corrected chi connectivity index (χ2v) is 6.93. The van der Waals surface area contributed by atoms with E-state index < -0.39 is 0 Å². The van der Waals surface area contributed by atoms with Gasteiger partial charge in [-0.3, -0.25) is 19.4 Å². The summed E-state index contributed by atoms with van der Waals surface area (Å²) in [5.74, 6) is -0.588. The Morgan fingerprint density at radius 2 is 2.19 bits per heavy atom. The van der Waals surface area contributed by atoms with Gasteiger partial charge in [-0.2, -0.15) is 5.10 Å². The molecule has 0 aliphatic rings. The molecule has 1 amide bonds. The van der Waals surface area contributed by atoms with Crippen molar-refractivity contribution in [3.05, 3.63) is 72.1 Å². The minimum absolute atomic E-state index is 0.259. The summed E-state index contributed by atoms with van der Waals surface area (Å²) in [5, 5.41) is 4.81. The molecule has 4 rings (SSSR count). The molecule has 8 heteroatoms. The lowest BCUT2D eigenvalue weighted by Gasteiger charge is -2.18. The van der Waals surface area contributed by atoms with Crippen LogP contribution >= 0.6 is 11.3 Å². The number of rotatable bonds is 5. The first-order chi connectivity index (χ1) is 13.1. The molecule has 0 bridgehead atoms. The summed E-state index contributed by atoms with van der Waals surface area (Å²) >= 11 is 1.27. The lowest BCUT2D eigenvalue weighted by Crippen LogP contribution is -2.30. The normalized spacial score (nSPS) is 11.0. The Labute approximate surface area is 158 Å². The molecular formula is C19H16FN5OS. The van der Waals surface area contributed by atoms with Crippen LogP contribution < -0.4 is 4.90 Å². The van der Waals surface area contributed by atoms with E-state index in [2.05, 4.69) is 15.1 Å². The van der Waals surface area contributed by atoms with Crippen molar-refractivity contribution in [3.63, 3.8) is 0 Å². The van der Waals surface area contributed by atoms with Gasteiger partial charge in [0.1, 0.15) is 5.82 Å². The number of aromatic nitrogens is 4. The Morgan fingerprint density at radius 3 is 2.93 bits per heavy atom. The number of amides is 1. The molecular weight excluding hydrogens is 365 g/mol. The van der Waals surface area contributed by atoms with E-state index in [0.717, 1.165) is 5.56 Å². The molecule has 0 spiro atoms. The van der Waals surface area contributed by atoms with Gasteiger partial charge in [0, 0.05) is 25.1 Å². The van der Waals surface area contributed by atoms with E-state index in [0.29, 0.717) is 34.1 Å². The summed E-state index contributed by atoms with van der Waals surface area (Å²) in [6, 6.07) is 9.80. The SMILES string of the molecule is CCn1ccc(C(=O)N(Cc2cccnc2)c2nc3ccc(F)cc3s2)n1. The summed E-state index contributed by atoms with van der Waals surface area (Å²) in [6.45, 7) is 2.93. The number of thiazole rings is 1. The van der Waals surface area contributed by atoms with Crippen LogP contribution in [0.4, 0.5) is 9.52 Å². The minimum Gasteiger partial charge on any atom is -0.278 e. The van der Waals surface area contributed by atoms with E-state index in [1.54, 1.807) is 40.3 Å². The molecule has 0 saturated carbocycles. The maximum atomic E-state index is 13.5. The van der Waals surface area contributed by atoms with Gasteiger partial charge in [0.25, 0.3) is 5.91 Å². The highest BCUT2D eigenvalue weighted by Gasteiger charge is 2.23. The number of halogens is 1. The molecule has 3 heterocycles. The van der Waals surface area contributed by atoms with Crippen LogP contribution in [-0.2, 0) is 13.1 Å². The molecule has 0 N–H and O–H groups in total. The molecule has 3 aromatic heterocycles. The monoisotopic (exact) mass is 381 g/mol. The van der Waals surface area contributed by atoms with Gasteiger partial charge in [0.2, 0.25) is 0 Å². The van der Waals surface area contributed by atoms with Crippen molar-refractivity contribution in [3.8, 4) is 0 Å². The third kappa shape index (κ3) is 3.56. The van der Waals surface area contributed by atoms with Gasteiger partial charge in [-0.25, -0.2) is 9.37 Å². The summed E-state index contributed by atoms with van der Waals surface area (Å²) in [5.41, 5.74) is 1.86. The van der Waals surface area contributed by atoms with E-state index in [4.69, 9.17) is 0 Å². The molecule has 0 aliphatic carbocycles. The predicted molar refractivity (Wildman–Crippen MR) is 102 cm³/mol. The van der Waals surface area contributed by atoms with Crippen LogP contribution in [0.5, 0.6) is 0 Å². The van der Waals surface area contributed by atoms with Crippen molar-refractivity contribution in [2.24, 2.45) is 0 Å². The minimum atomic E-state index is -0.329. The van der Waals surface area contributed by atoms with E-state index in [-0.39, 0.29) is 11.7 Å². The van der Waals surface area contributed by atoms with Crippen molar-refractivity contribution in [1.82, 2.24) is 19.7 Å². The zero-order valence-corrected chi connectivity index (χ0v) is 15.4. The molecule has 136 valence electrons. The summed E-state index contributed by atoms with van der Waals surface area (Å²) in [4.78, 5) is 23.3. The zero-order valence-electron chi connectivity index (χ0n) is 14.5. The van der Waals surface area contributed by atoms with Crippen LogP contribution in [-0.4, -0.2) is 25.7 Å². The molecule has 4 aromatic rings. The molecule has 0 saturated heterocycles. The van der Waals surface area contributed by atoms with Crippen molar-refractivity contribution in [1.29, 1.82) is 0 Å². The second kappa shape index (κ2) is 7.24. The number of nitrogens with zero attached hydrogens (tertiary/aromatic N) is 5. The lowest BCUT2D eigenvalue weighted by molar-refractivity contribution is 0.0979. The highest BCUT2D eigenvalue weighted by molar-refractivity contribution is 7.22. The quantitative estimate of drug-likeness (QED) is 0.526. The number of hydrogen-bond acceptors (Lipinski definition) is 5. The standard InChI is InChI=1S/C19H16FN5OS/c1-2-24-9-7-16(23-24)18(26)25(12-13-4-3-8-21-11-13)19-22-15-6-5-14(20)10-17(15)27-19/h3-11H,2,12H2,1H3. The Balaban J connectivity index is 1.75.